The first-order valence-electron chi connectivity index (χ1n) is 7.31. The summed E-state index contributed by atoms with van der Waals surface area (Å²) in [6.45, 7) is 8.36. The SMILES string of the molecule is CCNc1ccc(C(=O)N(CC)Cc2cccs2)c(C)c1. The highest BCUT2D eigenvalue weighted by atomic mass is 32.1. The van der Waals surface area contributed by atoms with E-state index in [1.165, 1.54) is 4.88 Å². The number of carbonyl (C=O) groups excluding carboxylic acids is 1. The van der Waals surface area contributed by atoms with Crippen molar-refractivity contribution in [2.24, 2.45) is 0 Å². The van der Waals surface area contributed by atoms with Crippen molar-refractivity contribution < 1.29 is 4.79 Å². The van der Waals surface area contributed by atoms with Crippen LogP contribution in [-0.4, -0.2) is 23.9 Å². The smallest absolute Gasteiger partial charge is 0.254 e. The molecule has 3 nitrogen and oxygen atoms in total. The molecule has 0 saturated carbocycles. The van der Waals surface area contributed by atoms with E-state index in [4.69, 9.17) is 0 Å². The minimum Gasteiger partial charge on any atom is -0.385 e. The number of nitrogens with one attached hydrogen (secondary N) is 1. The number of carbonyl (C=O) groups is 1. The molecule has 1 aromatic carbocycles. The van der Waals surface area contributed by atoms with E-state index in [1.54, 1.807) is 11.3 Å². The quantitative estimate of drug-likeness (QED) is 0.869. The second-order valence-electron chi connectivity index (χ2n) is 4.96. The van der Waals surface area contributed by atoms with Gasteiger partial charge in [0.15, 0.2) is 0 Å². The van der Waals surface area contributed by atoms with Gasteiger partial charge in [-0.1, -0.05) is 6.07 Å². The van der Waals surface area contributed by atoms with Crippen LogP contribution in [0.25, 0.3) is 0 Å². The first kappa shape index (κ1) is 15.6. The van der Waals surface area contributed by atoms with E-state index in [-0.39, 0.29) is 5.91 Å². The van der Waals surface area contributed by atoms with E-state index in [1.807, 2.05) is 48.4 Å². The molecule has 0 aliphatic carbocycles. The molecule has 0 aliphatic heterocycles. The molecule has 112 valence electrons. The molecule has 1 amide bonds. The fraction of sp³-hybridized carbons (Fsp3) is 0.353. The number of amides is 1. The molecule has 2 aromatic rings. The third-order valence-electron chi connectivity index (χ3n) is 3.43. The minimum atomic E-state index is 0.103. The molecule has 0 aliphatic rings. The Kier molecular flexibility index (Phi) is 5.39. The van der Waals surface area contributed by atoms with E-state index in [2.05, 4.69) is 18.3 Å². The van der Waals surface area contributed by atoms with Crippen molar-refractivity contribution in [3.05, 3.63) is 51.7 Å². The zero-order valence-electron chi connectivity index (χ0n) is 12.8. The van der Waals surface area contributed by atoms with Gasteiger partial charge in [-0.05, 0) is 56.0 Å². The molecular formula is C17H22N2OS. The summed E-state index contributed by atoms with van der Waals surface area (Å²) in [5, 5.41) is 5.32. The molecule has 0 atom stereocenters. The van der Waals surface area contributed by atoms with Gasteiger partial charge >= 0.3 is 0 Å². The summed E-state index contributed by atoms with van der Waals surface area (Å²) >= 11 is 1.69. The molecule has 1 N–H and O–H groups in total. The van der Waals surface area contributed by atoms with Crippen LogP contribution >= 0.6 is 11.3 Å². The lowest BCUT2D eigenvalue weighted by Crippen LogP contribution is -2.30. The molecule has 4 heteroatoms. The average molecular weight is 302 g/mol. The van der Waals surface area contributed by atoms with Gasteiger partial charge in [-0.2, -0.15) is 0 Å². The van der Waals surface area contributed by atoms with Gasteiger partial charge < -0.3 is 10.2 Å². The molecule has 0 bridgehead atoms. The van der Waals surface area contributed by atoms with E-state index < -0.39 is 0 Å². The van der Waals surface area contributed by atoms with Gasteiger partial charge in [-0.3, -0.25) is 4.79 Å². The van der Waals surface area contributed by atoms with E-state index in [0.717, 1.165) is 23.4 Å². The summed E-state index contributed by atoms with van der Waals surface area (Å²) in [5.41, 5.74) is 2.87. The van der Waals surface area contributed by atoms with Crippen molar-refractivity contribution in [2.45, 2.75) is 27.3 Å². The van der Waals surface area contributed by atoms with Crippen molar-refractivity contribution >= 4 is 22.9 Å². The average Bonchev–Trinajstić information content (AvgIpc) is 2.97. The Morgan fingerprint density at radius 2 is 2.10 bits per heavy atom. The number of thiophene rings is 1. The van der Waals surface area contributed by atoms with Crippen molar-refractivity contribution in [3.63, 3.8) is 0 Å². The second kappa shape index (κ2) is 7.27. The Balaban J connectivity index is 2.17. The fourth-order valence-corrected chi connectivity index (χ4v) is 3.03. The number of rotatable bonds is 6. The Bertz CT molecular complexity index is 593. The van der Waals surface area contributed by atoms with Crippen LogP contribution in [0.15, 0.2) is 35.7 Å². The lowest BCUT2D eigenvalue weighted by Gasteiger charge is -2.21. The first-order valence-corrected chi connectivity index (χ1v) is 8.19. The maximum Gasteiger partial charge on any atom is 0.254 e. The Morgan fingerprint density at radius 3 is 2.67 bits per heavy atom. The normalized spacial score (nSPS) is 10.4. The van der Waals surface area contributed by atoms with Crippen LogP contribution in [0.1, 0.15) is 34.6 Å². The first-order chi connectivity index (χ1) is 10.2. The molecule has 0 saturated heterocycles. The number of benzene rings is 1. The highest BCUT2D eigenvalue weighted by Crippen LogP contribution is 2.19. The second-order valence-corrected chi connectivity index (χ2v) is 5.99. The van der Waals surface area contributed by atoms with Crippen LogP contribution in [0.2, 0.25) is 0 Å². The van der Waals surface area contributed by atoms with Crippen molar-refractivity contribution in [3.8, 4) is 0 Å². The maximum absolute atomic E-state index is 12.7. The van der Waals surface area contributed by atoms with Crippen LogP contribution in [0.4, 0.5) is 5.69 Å². The highest BCUT2D eigenvalue weighted by Gasteiger charge is 2.17. The summed E-state index contributed by atoms with van der Waals surface area (Å²) < 4.78 is 0. The van der Waals surface area contributed by atoms with Gasteiger partial charge in [0.2, 0.25) is 0 Å². The Hall–Kier alpha value is -1.81. The molecule has 0 fully saturated rings. The largest absolute Gasteiger partial charge is 0.385 e. The van der Waals surface area contributed by atoms with E-state index in [9.17, 15) is 4.79 Å². The third kappa shape index (κ3) is 3.85. The van der Waals surface area contributed by atoms with Crippen LogP contribution in [0.3, 0.4) is 0 Å². The lowest BCUT2D eigenvalue weighted by molar-refractivity contribution is 0.0753. The molecule has 1 aromatic heterocycles. The van der Waals surface area contributed by atoms with Crippen LogP contribution in [-0.2, 0) is 6.54 Å². The zero-order chi connectivity index (χ0) is 15.2. The lowest BCUT2D eigenvalue weighted by atomic mass is 10.1. The zero-order valence-corrected chi connectivity index (χ0v) is 13.7. The van der Waals surface area contributed by atoms with Crippen molar-refractivity contribution in [1.82, 2.24) is 4.90 Å². The predicted molar refractivity (Wildman–Crippen MR) is 90.1 cm³/mol. The standard InChI is InChI=1S/C17H22N2OS/c1-4-18-14-8-9-16(13(3)11-14)17(20)19(5-2)12-15-7-6-10-21-15/h6-11,18H,4-5,12H2,1-3H3. The van der Waals surface area contributed by atoms with Gasteiger partial charge in [0.1, 0.15) is 0 Å². The topological polar surface area (TPSA) is 32.3 Å². The number of hydrogen-bond acceptors (Lipinski definition) is 3. The molecule has 0 spiro atoms. The van der Waals surface area contributed by atoms with E-state index >= 15 is 0 Å². The van der Waals surface area contributed by atoms with Gasteiger partial charge in [-0.15, -0.1) is 11.3 Å². The molecule has 2 rings (SSSR count). The summed E-state index contributed by atoms with van der Waals surface area (Å²) in [4.78, 5) is 15.8. The summed E-state index contributed by atoms with van der Waals surface area (Å²) in [6.07, 6.45) is 0. The van der Waals surface area contributed by atoms with Gasteiger partial charge in [-0.25, -0.2) is 0 Å². The Labute approximate surface area is 130 Å². The predicted octanol–water partition coefficient (Wildman–Crippen LogP) is 4.15. The highest BCUT2D eigenvalue weighted by molar-refractivity contribution is 7.09. The van der Waals surface area contributed by atoms with Gasteiger partial charge in [0.25, 0.3) is 5.91 Å². The maximum atomic E-state index is 12.7. The molecule has 0 unspecified atom stereocenters. The molecule has 21 heavy (non-hydrogen) atoms. The fourth-order valence-electron chi connectivity index (χ4n) is 2.31. The minimum absolute atomic E-state index is 0.103. The molecular weight excluding hydrogens is 280 g/mol. The third-order valence-corrected chi connectivity index (χ3v) is 4.29. The van der Waals surface area contributed by atoms with Crippen molar-refractivity contribution in [2.75, 3.05) is 18.4 Å². The van der Waals surface area contributed by atoms with Crippen molar-refractivity contribution in [1.29, 1.82) is 0 Å². The van der Waals surface area contributed by atoms with Gasteiger partial charge in [0, 0.05) is 29.2 Å². The number of hydrogen-bond donors (Lipinski definition) is 1. The Morgan fingerprint density at radius 1 is 1.29 bits per heavy atom. The number of aryl methyl sites for hydroxylation is 1. The summed E-state index contributed by atoms with van der Waals surface area (Å²) in [5.74, 6) is 0.103. The van der Waals surface area contributed by atoms with Crippen LogP contribution in [0.5, 0.6) is 0 Å². The summed E-state index contributed by atoms with van der Waals surface area (Å²) in [6, 6.07) is 10.0. The van der Waals surface area contributed by atoms with Crippen LogP contribution < -0.4 is 5.32 Å². The van der Waals surface area contributed by atoms with Gasteiger partial charge in [0.05, 0.1) is 6.54 Å². The number of anilines is 1. The molecule has 1 heterocycles. The summed E-state index contributed by atoms with van der Waals surface area (Å²) in [7, 11) is 0. The molecule has 0 radical (unpaired) electrons. The monoisotopic (exact) mass is 302 g/mol. The van der Waals surface area contributed by atoms with Crippen LogP contribution in [0, 0.1) is 6.92 Å². The number of nitrogens with zero attached hydrogens (tertiary/aromatic N) is 1. The van der Waals surface area contributed by atoms with E-state index in [0.29, 0.717) is 13.1 Å².